The zero-order valence-corrected chi connectivity index (χ0v) is 11.7. The summed E-state index contributed by atoms with van der Waals surface area (Å²) in [5.74, 6) is -0.573. The van der Waals surface area contributed by atoms with Gasteiger partial charge in [0.2, 0.25) is 0 Å². The Balaban J connectivity index is 2.24. The number of aryl methyl sites for hydroxylation is 1. The lowest BCUT2D eigenvalue weighted by Crippen LogP contribution is -2.13. The van der Waals surface area contributed by atoms with Crippen LogP contribution in [0.5, 0.6) is 0 Å². The first-order chi connectivity index (χ1) is 9.81. The van der Waals surface area contributed by atoms with Crippen LogP contribution in [0.3, 0.4) is 0 Å². The van der Waals surface area contributed by atoms with E-state index in [0.717, 1.165) is 18.2 Å². The third-order valence-corrected chi connectivity index (χ3v) is 3.09. The van der Waals surface area contributed by atoms with E-state index in [0.29, 0.717) is 6.54 Å². The highest BCUT2D eigenvalue weighted by molar-refractivity contribution is 6.34. The zero-order chi connectivity index (χ0) is 15.6. The molecule has 4 nitrogen and oxygen atoms in total. The lowest BCUT2D eigenvalue weighted by molar-refractivity contribution is -0.137. The molecule has 0 unspecified atom stereocenters. The van der Waals surface area contributed by atoms with Gasteiger partial charge in [-0.3, -0.25) is 9.48 Å². The normalized spacial score (nSPS) is 11.5. The van der Waals surface area contributed by atoms with E-state index in [1.165, 1.54) is 17.1 Å². The lowest BCUT2D eigenvalue weighted by Gasteiger charge is -2.11. The molecule has 21 heavy (non-hydrogen) atoms. The number of amides is 1. The summed E-state index contributed by atoms with van der Waals surface area (Å²) in [6, 6.07) is 2.74. The fourth-order valence-electron chi connectivity index (χ4n) is 1.65. The Labute approximate surface area is 123 Å². The van der Waals surface area contributed by atoms with E-state index in [4.69, 9.17) is 11.6 Å². The summed E-state index contributed by atoms with van der Waals surface area (Å²) in [4.78, 5) is 12.0. The van der Waals surface area contributed by atoms with Crippen LogP contribution in [0.15, 0.2) is 30.6 Å². The minimum atomic E-state index is -4.50. The van der Waals surface area contributed by atoms with E-state index in [1.807, 2.05) is 6.92 Å². The van der Waals surface area contributed by atoms with Crippen molar-refractivity contribution in [2.24, 2.45) is 0 Å². The van der Waals surface area contributed by atoms with Crippen LogP contribution >= 0.6 is 11.6 Å². The molecule has 0 aliphatic carbocycles. The van der Waals surface area contributed by atoms with Gasteiger partial charge in [0.1, 0.15) is 0 Å². The van der Waals surface area contributed by atoms with Crippen LogP contribution in [0, 0.1) is 0 Å². The van der Waals surface area contributed by atoms with Gasteiger partial charge in [-0.25, -0.2) is 0 Å². The van der Waals surface area contributed by atoms with Crippen molar-refractivity contribution in [3.8, 4) is 0 Å². The lowest BCUT2D eigenvalue weighted by atomic mass is 10.2. The molecule has 0 aliphatic rings. The fraction of sp³-hybridized carbons (Fsp3) is 0.231. The number of nitrogens with one attached hydrogen (secondary N) is 1. The Kier molecular flexibility index (Phi) is 4.22. The van der Waals surface area contributed by atoms with E-state index >= 15 is 0 Å². The number of benzene rings is 1. The number of hydrogen-bond acceptors (Lipinski definition) is 2. The van der Waals surface area contributed by atoms with Crippen molar-refractivity contribution in [2.75, 3.05) is 5.32 Å². The van der Waals surface area contributed by atoms with Crippen molar-refractivity contribution in [3.05, 3.63) is 46.7 Å². The van der Waals surface area contributed by atoms with Crippen molar-refractivity contribution in [2.45, 2.75) is 19.6 Å². The van der Waals surface area contributed by atoms with Gasteiger partial charge in [-0.1, -0.05) is 11.6 Å². The largest absolute Gasteiger partial charge is 0.416 e. The predicted molar refractivity (Wildman–Crippen MR) is 72.3 cm³/mol. The highest BCUT2D eigenvalue weighted by Gasteiger charge is 2.31. The van der Waals surface area contributed by atoms with Gasteiger partial charge in [0.15, 0.2) is 0 Å². The molecule has 1 aromatic heterocycles. The molecular weight excluding hydrogens is 307 g/mol. The second kappa shape index (κ2) is 5.77. The average Bonchev–Trinajstić information content (AvgIpc) is 2.88. The summed E-state index contributed by atoms with van der Waals surface area (Å²) < 4.78 is 39.5. The summed E-state index contributed by atoms with van der Waals surface area (Å²) in [7, 11) is 0. The Morgan fingerprint density at radius 3 is 2.71 bits per heavy atom. The number of aromatic nitrogens is 2. The van der Waals surface area contributed by atoms with Crippen LogP contribution in [0.4, 0.5) is 18.9 Å². The number of anilines is 1. The summed E-state index contributed by atoms with van der Waals surface area (Å²) in [6.07, 6.45) is -1.67. The van der Waals surface area contributed by atoms with E-state index < -0.39 is 17.6 Å². The van der Waals surface area contributed by atoms with Crippen molar-refractivity contribution in [1.82, 2.24) is 9.78 Å². The molecule has 1 heterocycles. The molecule has 1 aromatic carbocycles. The van der Waals surface area contributed by atoms with Crippen LogP contribution in [0.1, 0.15) is 22.8 Å². The van der Waals surface area contributed by atoms with Gasteiger partial charge in [-0.2, -0.15) is 18.3 Å². The van der Waals surface area contributed by atoms with E-state index in [9.17, 15) is 18.0 Å². The van der Waals surface area contributed by atoms with Gasteiger partial charge in [0.25, 0.3) is 5.91 Å². The Morgan fingerprint density at radius 1 is 1.43 bits per heavy atom. The van der Waals surface area contributed by atoms with Gasteiger partial charge in [0, 0.05) is 12.7 Å². The van der Waals surface area contributed by atoms with Gasteiger partial charge in [0.05, 0.1) is 28.0 Å². The minimum Gasteiger partial charge on any atom is -0.321 e. The number of rotatable bonds is 3. The molecule has 2 aromatic rings. The molecule has 0 fully saturated rings. The molecular formula is C13H11ClF3N3O. The average molecular weight is 318 g/mol. The Bertz CT molecular complexity index is 667. The molecule has 0 radical (unpaired) electrons. The first kappa shape index (κ1) is 15.4. The van der Waals surface area contributed by atoms with Gasteiger partial charge in [-0.15, -0.1) is 0 Å². The van der Waals surface area contributed by atoms with Gasteiger partial charge in [-0.05, 0) is 25.1 Å². The molecule has 112 valence electrons. The smallest absolute Gasteiger partial charge is 0.321 e. The standard InChI is InChI=1S/C13H11ClF3N3O/c1-2-20-7-8(6-18-20)12(21)19-11-5-9(13(15,16)17)3-4-10(11)14/h3-7H,2H2,1H3,(H,19,21). The second-order valence-electron chi connectivity index (χ2n) is 4.23. The molecule has 0 saturated carbocycles. The minimum absolute atomic E-state index is 0.0271. The molecule has 0 saturated heterocycles. The maximum Gasteiger partial charge on any atom is 0.416 e. The number of hydrogen-bond donors (Lipinski definition) is 1. The predicted octanol–water partition coefficient (Wildman–Crippen LogP) is 3.83. The number of nitrogens with zero attached hydrogens (tertiary/aromatic N) is 2. The van der Waals surface area contributed by atoms with E-state index in [-0.39, 0.29) is 16.3 Å². The SMILES string of the molecule is CCn1cc(C(=O)Nc2cc(C(F)(F)F)ccc2Cl)cn1. The van der Waals surface area contributed by atoms with E-state index in [1.54, 1.807) is 0 Å². The highest BCUT2D eigenvalue weighted by Crippen LogP contribution is 2.33. The summed E-state index contributed by atoms with van der Waals surface area (Å²) >= 11 is 5.81. The molecule has 0 aliphatic heterocycles. The van der Waals surface area contributed by atoms with Crippen molar-refractivity contribution >= 4 is 23.2 Å². The van der Waals surface area contributed by atoms with Crippen LogP contribution in [0.2, 0.25) is 5.02 Å². The second-order valence-corrected chi connectivity index (χ2v) is 4.64. The number of carbonyl (C=O) groups is 1. The Morgan fingerprint density at radius 2 is 2.14 bits per heavy atom. The molecule has 0 spiro atoms. The summed E-state index contributed by atoms with van der Waals surface area (Å²) in [5, 5.41) is 6.30. The third-order valence-electron chi connectivity index (χ3n) is 2.76. The third kappa shape index (κ3) is 3.55. The number of carbonyl (C=O) groups excluding carboxylic acids is 1. The topological polar surface area (TPSA) is 46.9 Å². The number of alkyl halides is 3. The molecule has 0 atom stereocenters. The first-order valence-electron chi connectivity index (χ1n) is 6.02. The van der Waals surface area contributed by atoms with E-state index in [2.05, 4.69) is 10.4 Å². The quantitative estimate of drug-likeness (QED) is 0.935. The van der Waals surface area contributed by atoms with Crippen molar-refractivity contribution in [3.63, 3.8) is 0 Å². The zero-order valence-electron chi connectivity index (χ0n) is 10.9. The van der Waals surface area contributed by atoms with Crippen LogP contribution < -0.4 is 5.32 Å². The maximum absolute atomic E-state index is 12.6. The number of halogens is 4. The van der Waals surface area contributed by atoms with Crippen molar-refractivity contribution < 1.29 is 18.0 Å². The fourth-order valence-corrected chi connectivity index (χ4v) is 1.81. The summed E-state index contributed by atoms with van der Waals surface area (Å²) in [6.45, 7) is 2.43. The van der Waals surface area contributed by atoms with Crippen LogP contribution in [-0.2, 0) is 12.7 Å². The molecule has 0 bridgehead atoms. The van der Waals surface area contributed by atoms with Crippen molar-refractivity contribution in [1.29, 1.82) is 0 Å². The maximum atomic E-state index is 12.6. The van der Waals surface area contributed by atoms with Gasteiger partial charge < -0.3 is 5.32 Å². The first-order valence-corrected chi connectivity index (χ1v) is 6.39. The molecule has 2 rings (SSSR count). The molecule has 8 heteroatoms. The van der Waals surface area contributed by atoms with Crippen LogP contribution in [-0.4, -0.2) is 15.7 Å². The molecule has 1 N–H and O–H groups in total. The highest BCUT2D eigenvalue weighted by atomic mass is 35.5. The monoisotopic (exact) mass is 317 g/mol. The summed E-state index contributed by atoms with van der Waals surface area (Å²) in [5.41, 5.74) is -0.738. The Hall–Kier alpha value is -2.02. The molecule has 1 amide bonds. The van der Waals surface area contributed by atoms with Gasteiger partial charge >= 0.3 is 6.18 Å². The van der Waals surface area contributed by atoms with Crippen LogP contribution in [0.25, 0.3) is 0 Å².